The van der Waals surface area contributed by atoms with E-state index >= 15 is 0 Å². The maximum atomic E-state index is 12.8. The number of likely N-dealkylation sites (N-methyl/N-ethyl adjacent to an activating group) is 1. The topological polar surface area (TPSA) is 97.3 Å². The lowest BCUT2D eigenvalue weighted by Gasteiger charge is -2.39. The fourth-order valence-electron chi connectivity index (χ4n) is 4.44. The third-order valence-electron chi connectivity index (χ3n) is 6.23. The summed E-state index contributed by atoms with van der Waals surface area (Å²) in [7, 11) is 0.217. The molecule has 3 atom stereocenters. The van der Waals surface area contributed by atoms with E-state index in [-0.39, 0.29) is 22.9 Å². The summed E-state index contributed by atoms with van der Waals surface area (Å²) in [5, 5.41) is 1.11. The maximum Gasteiger partial charge on any atom is 0.264 e. The van der Waals surface area contributed by atoms with Crippen molar-refractivity contribution in [1.29, 1.82) is 0 Å². The average molecular weight is 536 g/mol. The van der Waals surface area contributed by atoms with Crippen molar-refractivity contribution in [3.8, 4) is 5.88 Å². The third-order valence-corrected chi connectivity index (χ3v) is 8.45. The van der Waals surface area contributed by atoms with Gasteiger partial charge in [-0.05, 0) is 76.0 Å². The highest BCUT2D eigenvalue weighted by molar-refractivity contribution is 7.92. The number of aryl methyl sites for hydroxylation is 1. The van der Waals surface area contributed by atoms with Crippen molar-refractivity contribution in [2.45, 2.75) is 49.1 Å². The van der Waals surface area contributed by atoms with Gasteiger partial charge in [-0.15, -0.1) is 0 Å². The molecule has 1 saturated carbocycles. The quantitative estimate of drug-likeness (QED) is 0.457. The van der Waals surface area contributed by atoms with E-state index in [2.05, 4.69) is 24.6 Å². The van der Waals surface area contributed by atoms with E-state index in [1.807, 2.05) is 32.3 Å². The molecule has 1 fully saturated rings. The van der Waals surface area contributed by atoms with Crippen molar-refractivity contribution in [2.75, 3.05) is 18.8 Å². The number of aromatic nitrogens is 3. The third kappa shape index (κ3) is 6.03. The molecule has 11 heteroatoms. The van der Waals surface area contributed by atoms with Crippen molar-refractivity contribution in [2.24, 2.45) is 0 Å². The maximum absolute atomic E-state index is 12.8. The summed E-state index contributed by atoms with van der Waals surface area (Å²) in [4.78, 5) is 14.4. The predicted octanol–water partition coefficient (Wildman–Crippen LogP) is 4.93. The highest BCUT2D eigenvalue weighted by atomic mass is 35.5. The molecule has 0 saturated heterocycles. The van der Waals surface area contributed by atoms with E-state index < -0.39 is 10.0 Å². The number of nitrogens with zero attached hydrogens (tertiary/aromatic N) is 4. The number of benzene rings is 1. The van der Waals surface area contributed by atoms with E-state index in [9.17, 15) is 8.42 Å². The molecule has 8 nitrogen and oxygen atoms in total. The minimum absolute atomic E-state index is 0.0657. The van der Waals surface area contributed by atoms with Crippen molar-refractivity contribution >= 4 is 39.0 Å². The monoisotopic (exact) mass is 535 g/mol. The molecule has 1 aliphatic rings. The van der Waals surface area contributed by atoms with Gasteiger partial charge < -0.3 is 9.64 Å². The smallest absolute Gasteiger partial charge is 0.264 e. The van der Waals surface area contributed by atoms with Crippen LogP contribution in [0.5, 0.6) is 5.88 Å². The Bertz CT molecular complexity index is 1290. The van der Waals surface area contributed by atoms with E-state index in [1.165, 1.54) is 30.2 Å². The van der Waals surface area contributed by atoms with E-state index in [0.717, 1.165) is 19.3 Å². The number of nitrogens with one attached hydrogen (secondary N) is 1. The summed E-state index contributed by atoms with van der Waals surface area (Å²) < 4.78 is 34.3. The van der Waals surface area contributed by atoms with E-state index in [0.29, 0.717) is 27.5 Å². The van der Waals surface area contributed by atoms with Crippen LogP contribution in [-0.4, -0.2) is 54.5 Å². The molecule has 35 heavy (non-hydrogen) atoms. The second kappa shape index (κ2) is 10.7. The molecular formula is C24H27Cl2N5O3S. The van der Waals surface area contributed by atoms with Crippen LogP contribution in [0.4, 0.5) is 5.82 Å². The fraction of sp³-hybridized carbons (Fsp3) is 0.375. The normalized spacial score (nSPS) is 20.6. The van der Waals surface area contributed by atoms with Crippen molar-refractivity contribution in [3.05, 3.63) is 70.2 Å². The van der Waals surface area contributed by atoms with Crippen LogP contribution < -0.4 is 9.46 Å². The summed E-state index contributed by atoms with van der Waals surface area (Å²) in [5.41, 5.74) is 1.51. The zero-order chi connectivity index (χ0) is 25.2. The number of rotatable bonds is 7. The van der Waals surface area contributed by atoms with Gasteiger partial charge >= 0.3 is 0 Å². The second-order valence-electron chi connectivity index (χ2n) is 8.80. The highest BCUT2D eigenvalue weighted by Gasteiger charge is 2.34. The Labute approximate surface area is 215 Å². The predicted molar refractivity (Wildman–Crippen MR) is 137 cm³/mol. The molecule has 1 N–H and O–H groups in total. The van der Waals surface area contributed by atoms with E-state index in [1.54, 1.807) is 13.0 Å². The number of hydrogen-bond donors (Lipinski definition) is 1. The minimum Gasteiger partial charge on any atom is -0.473 e. The number of anilines is 1. The summed E-state index contributed by atoms with van der Waals surface area (Å²) in [5.74, 6) is 0.924. The number of hydrogen-bond acceptors (Lipinski definition) is 7. The van der Waals surface area contributed by atoms with Crippen LogP contribution in [0.25, 0.3) is 0 Å². The Balaban J connectivity index is 1.48. The molecule has 0 amide bonds. The molecule has 2 aromatic heterocycles. The van der Waals surface area contributed by atoms with E-state index in [4.69, 9.17) is 27.9 Å². The van der Waals surface area contributed by atoms with Crippen LogP contribution in [0.2, 0.25) is 10.0 Å². The summed E-state index contributed by atoms with van der Waals surface area (Å²) in [6, 6.07) is 10.6. The number of halogens is 2. The minimum atomic E-state index is -3.85. The van der Waals surface area contributed by atoms with Crippen molar-refractivity contribution in [3.63, 3.8) is 0 Å². The summed E-state index contributed by atoms with van der Waals surface area (Å²) in [6.07, 6.45) is 5.30. The van der Waals surface area contributed by atoms with Gasteiger partial charge in [-0.3, -0.25) is 4.72 Å². The second-order valence-corrected chi connectivity index (χ2v) is 11.3. The lowest BCUT2D eigenvalue weighted by Crippen LogP contribution is -2.46. The molecule has 1 aliphatic carbocycles. The molecular weight excluding hydrogens is 509 g/mol. The fourth-order valence-corrected chi connectivity index (χ4v) is 5.94. The Morgan fingerprint density at radius 2 is 1.89 bits per heavy atom. The highest BCUT2D eigenvalue weighted by Crippen LogP contribution is 2.38. The Morgan fingerprint density at radius 3 is 2.54 bits per heavy atom. The van der Waals surface area contributed by atoms with Gasteiger partial charge in [-0.25, -0.2) is 23.4 Å². The first kappa shape index (κ1) is 25.6. The molecule has 2 heterocycles. The van der Waals surface area contributed by atoms with Crippen LogP contribution in [0.15, 0.2) is 53.8 Å². The van der Waals surface area contributed by atoms with Gasteiger partial charge in [-0.2, -0.15) is 0 Å². The van der Waals surface area contributed by atoms with Gasteiger partial charge in [-0.1, -0.05) is 29.3 Å². The SMILES string of the molecule is Cc1nc(O[C@H]2CC[C@H](c3ccc(Cl)c(Cl)c3)C[C@@H]2N(C)C)ccc1S(=O)(=O)Nc1ccncn1. The zero-order valence-corrected chi connectivity index (χ0v) is 22.0. The first-order chi connectivity index (χ1) is 16.6. The zero-order valence-electron chi connectivity index (χ0n) is 19.6. The Hall–Kier alpha value is -2.46. The molecule has 0 spiro atoms. The number of sulfonamides is 1. The average Bonchev–Trinajstić information content (AvgIpc) is 2.81. The van der Waals surface area contributed by atoms with Gasteiger partial charge in [0.25, 0.3) is 10.0 Å². The Kier molecular flexibility index (Phi) is 7.80. The van der Waals surface area contributed by atoms with Gasteiger partial charge in [0.15, 0.2) is 0 Å². The lowest BCUT2D eigenvalue weighted by molar-refractivity contribution is 0.0512. The van der Waals surface area contributed by atoms with Gasteiger partial charge in [0.05, 0.1) is 15.7 Å². The molecule has 3 aromatic rings. The van der Waals surface area contributed by atoms with Crippen LogP contribution in [0.3, 0.4) is 0 Å². The molecule has 186 valence electrons. The van der Waals surface area contributed by atoms with Gasteiger partial charge in [0.1, 0.15) is 23.1 Å². The molecule has 4 rings (SSSR count). The largest absolute Gasteiger partial charge is 0.473 e. The Morgan fingerprint density at radius 1 is 1.09 bits per heavy atom. The molecule has 1 aromatic carbocycles. The number of pyridine rings is 1. The molecule has 0 unspecified atom stereocenters. The molecule has 0 bridgehead atoms. The van der Waals surface area contributed by atoms with Crippen LogP contribution in [0, 0.1) is 6.92 Å². The lowest BCUT2D eigenvalue weighted by atomic mass is 9.79. The van der Waals surface area contributed by atoms with Crippen LogP contribution in [0.1, 0.15) is 36.4 Å². The summed E-state index contributed by atoms with van der Waals surface area (Å²) in [6.45, 7) is 1.64. The van der Waals surface area contributed by atoms with Gasteiger partial charge in [0, 0.05) is 18.3 Å². The molecule has 0 aliphatic heterocycles. The first-order valence-electron chi connectivity index (χ1n) is 11.2. The standard InChI is InChI=1S/C24H27Cl2N5O3S/c1-15-22(35(32,33)30-23-10-11-27-14-28-23)8-9-24(29-15)34-21-7-5-17(13-20(21)31(2)3)16-4-6-18(25)19(26)12-16/h4,6,8-12,14,17,20-21H,5,7,13H2,1-3H3,(H,27,28,30)/t17-,20-,21-/m0/s1. The number of ether oxygens (including phenoxy) is 1. The van der Waals surface area contributed by atoms with Crippen molar-refractivity contribution < 1.29 is 13.2 Å². The van der Waals surface area contributed by atoms with Crippen LogP contribution >= 0.6 is 23.2 Å². The van der Waals surface area contributed by atoms with Crippen molar-refractivity contribution in [1.82, 2.24) is 19.9 Å². The summed E-state index contributed by atoms with van der Waals surface area (Å²) >= 11 is 12.3. The first-order valence-corrected chi connectivity index (χ1v) is 13.4. The molecule has 0 radical (unpaired) electrons. The van der Waals surface area contributed by atoms with Gasteiger partial charge in [0.2, 0.25) is 5.88 Å². The van der Waals surface area contributed by atoms with Crippen LogP contribution in [-0.2, 0) is 10.0 Å².